The number of carbonyl (C=O) groups is 5. The number of nitrogens with one attached hydrogen (secondary N) is 3. The van der Waals surface area contributed by atoms with E-state index in [2.05, 4.69) is 20.7 Å². The SMILES string of the molecule is CC(C)(C)OC(=O)NCC=O.CC/C(F)=C/CNC(=O)OC(C)(C)C.CCOC(=O)/C(F)=C\CNC(=O)OC(C)(C)C.O=C=O. The molecule has 0 spiro atoms. The van der Waals surface area contributed by atoms with Gasteiger partial charge in [-0.05, 0) is 87.8 Å². The van der Waals surface area contributed by atoms with Gasteiger partial charge in [0.15, 0.2) is 0 Å². The molecule has 0 aromatic carbocycles. The van der Waals surface area contributed by atoms with Gasteiger partial charge in [0, 0.05) is 13.1 Å². The molecule has 16 heteroatoms. The Morgan fingerprint density at radius 3 is 1.29 bits per heavy atom. The lowest BCUT2D eigenvalue weighted by Crippen LogP contribution is -2.33. The van der Waals surface area contributed by atoms with E-state index < -0.39 is 46.9 Å². The molecule has 0 radical (unpaired) electrons. The van der Waals surface area contributed by atoms with Crippen molar-refractivity contribution in [2.75, 3.05) is 26.2 Å². The third-order valence-corrected chi connectivity index (χ3v) is 3.43. The maximum atomic E-state index is 13.0. The van der Waals surface area contributed by atoms with E-state index >= 15 is 0 Å². The molecule has 45 heavy (non-hydrogen) atoms. The molecule has 3 amide bonds. The van der Waals surface area contributed by atoms with Gasteiger partial charge in [0.25, 0.3) is 0 Å². The van der Waals surface area contributed by atoms with Gasteiger partial charge in [-0.1, -0.05) is 6.92 Å². The fourth-order valence-corrected chi connectivity index (χ4v) is 1.96. The molecule has 0 aromatic heterocycles. The molecule has 0 rings (SSSR count). The van der Waals surface area contributed by atoms with Gasteiger partial charge < -0.3 is 39.7 Å². The van der Waals surface area contributed by atoms with E-state index in [-0.39, 0.29) is 38.2 Å². The van der Waals surface area contributed by atoms with E-state index in [1.165, 1.54) is 6.08 Å². The Labute approximate surface area is 263 Å². The molecule has 0 aromatic rings. The first-order valence-electron chi connectivity index (χ1n) is 13.7. The van der Waals surface area contributed by atoms with Crippen LogP contribution in [0.25, 0.3) is 0 Å². The molecule has 0 atom stereocenters. The Morgan fingerprint density at radius 1 is 0.667 bits per heavy atom. The van der Waals surface area contributed by atoms with Crippen LogP contribution in [-0.2, 0) is 38.1 Å². The predicted octanol–water partition coefficient (Wildman–Crippen LogP) is 4.83. The summed E-state index contributed by atoms with van der Waals surface area (Å²) < 4.78 is 44.7. The van der Waals surface area contributed by atoms with Gasteiger partial charge in [-0.25, -0.2) is 23.6 Å². The minimum Gasteiger partial charge on any atom is -0.461 e. The van der Waals surface area contributed by atoms with Crippen LogP contribution in [0.15, 0.2) is 23.8 Å². The highest BCUT2D eigenvalue weighted by molar-refractivity contribution is 5.86. The number of esters is 1. The smallest absolute Gasteiger partial charge is 0.408 e. The van der Waals surface area contributed by atoms with E-state index in [0.29, 0.717) is 12.7 Å². The van der Waals surface area contributed by atoms with Crippen LogP contribution < -0.4 is 16.0 Å². The van der Waals surface area contributed by atoms with Crippen LogP contribution >= 0.6 is 0 Å². The molecule has 0 aliphatic heterocycles. The normalized spacial score (nSPS) is 11.1. The molecule has 0 heterocycles. The van der Waals surface area contributed by atoms with Crippen molar-refractivity contribution in [1.29, 1.82) is 0 Å². The number of hydrogen-bond acceptors (Lipinski definition) is 11. The Hall–Kier alpha value is -4.33. The average molecular weight is 654 g/mol. The van der Waals surface area contributed by atoms with Gasteiger partial charge in [0.2, 0.25) is 5.83 Å². The molecular weight excluding hydrogens is 604 g/mol. The van der Waals surface area contributed by atoms with Gasteiger partial charge in [-0.3, -0.25) is 0 Å². The summed E-state index contributed by atoms with van der Waals surface area (Å²) in [6.45, 7) is 19.1. The second kappa shape index (κ2) is 26.1. The number of rotatable bonds is 9. The molecular formula is C29H49F2N3O11. The summed E-state index contributed by atoms with van der Waals surface area (Å²) in [7, 11) is 0. The fourth-order valence-electron chi connectivity index (χ4n) is 1.96. The standard InChI is InChI=1S/C11H18FNO4.C10H18FNO2.C7H13NO3.CO2/c1-5-16-9(14)8(12)6-7-13-10(15)17-11(2,3)4;1-5-8(11)6-7-12-9(13)14-10(2,3)4;1-7(2,3)11-6(10)8-4-5-9;2-1-3/h6H,5,7H2,1-4H3,(H,13,15);6H,5,7H2,1-4H3,(H,12,13);5H,4H2,1-3H3,(H,8,10);/b8-6+;8-6-;;. The highest BCUT2D eigenvalue weighted by Gasteiger charge is 2.17. The molecule has 0 unspecified atom stereocenters. The predicted molar refractivity (Wildman–Crippen MR) is 159 cm³/mol. The van der Waals surface area contributed by atoms with Crippen LogP contribution in [0.4, 0.5) is 23.2 Å². The number of carbonyl (C=O) groups excluding carboxylic acids is 7. The summed E-state index contributed by atoms with van der Waals surface area (Å²) in [5.74, 6) is -2.32. The first kappa shape index (κ1) is 47.6. The number of allylic oxidation sites excluding steroid dienone is 1. The number of hydrogen-bond donors (Lipinski definition) is 3. The fraction of sp³-hybridized carbons (Fsp3) is 0.655. The quantitative estimate of drug-likeness (QED) is 0.134. The summed E-state index contributed by atoms with van der Waals surface area (Å²) in [5.41, 5.74) is -1.64. The van der Waals surface area contributed by atoms with Crippen molar-refractivity contribution in [3.8, 4) is 0 Å². The lowest BCUT2D eigenvalue weighted by molar-refractivity contribution is -0.191. The second-order valence-corrected chi connectivity index (χ2v) is 11.2. The topological polar surface area (TPSA) is 192 Å². The monoisotopic (exact) mass is 653 g/mol. The number of ether oxygens (including phenoxy) is 4. The molecule has 3 N–H and O–H groups in total. The lowest BCUT2D eigenvalue weighted by Gasteiger charge is -2.19. The van der Waals surface area contributed by atoms with E-state index in [9.17, 15) is 32.8 Å². The van der Waals surface area contributed by atoms with Crippen LogP contribution in [0.2, 0.25) is 0 Å². The van der Waals surface area contributed by atoms with Gasteiger partial charge in [-0.15, -0.1) is 0 Å². The zero-order chi connectivity index (χ0) is 36.3. The Bertz CT molecular complexity index is 989. The maximum absolute atomic E-state index is 13.0. The van der Waals surface area contributed by atoms with Gasteiger partial charge in [0.1, 0.15) is 23.1 Å². The summed E-state index contributed by atoms with van der Waals surface area (Å²) in [5, 5.41) is 6.97. The first-order valence-corrected chi connectivity index (χ1v) is 13.7. The van der Waals surface area contributed by atoms with E-state index in [0.717, 1.165) is 6.08 Å². The van der Waals surface area contributed by atoms with Crippen molar-refractivity contribution < 1.29 is 61.3 Å². The van der Waals surface area contributed by atoms with E-state index in [4.69, 9.17) is 23.8 Å². The molecule has 0 aliphatic carbocycles. The van der Waals surface area contributed by atoms with E-state index in [1.54, 1.807) is 76.2 Å². The highest BCUT2D eigenvalue weighted by Crippen LogP contribution is 2.08. The molecule has 0 bridgehead atoms. The van der Waals surface area contributed by atoms with Crippen molar-refractivity contribution in [2.24, 2.45) is 0 Å². The molecule has 260 valence electrons. The van der Waals surface area contributed by atoms with Crippen molar-refractivity contribution >= 4 is 36.7 Å². The number of alkyl carbamates (subject to hydrolysis) is 3. The first-order chi connectivity index (χ1) is 20.5. The van der Waals surface area contributed by atoms with Gasteiger partial charge in [-0.2, -0.15) is 14.0 Å². The lowest BCUT2D eigenvalue weighted by atomic mass is 10.2. The van der Waals surface area contributed by atoms with Crippen LogP contribution in [-0.4, -0.2) is 79.7 Å². The Morgan fingerprint density at radius 2 is 1.00 bits per heavy atom. The van der Waals surface area contributed by atoms with Gasteiger partial charge in [0.05, 0.1) is 19.0 Å². The zero-order valence-corrected chi connectivity index (χ0v) is 28.0. The van der Waals surface area contributed by atoms with Crippen LogP contribution in [0.3, 0.4) is 0 Å². The zero-order valence-electron chi connectivity index (χ0n) is 28.0. The number of aldehydes is 1. The summed E-state index contributed by atoms with van der Waals surface area (Å²) >= 11 is 0. The summed E-state index contributed by atoms with van der Waals surface area (Å²) in [4.78, 5) is 69.8. The number of amides is 3. The van der Waals surface area contributed by atoms with Crippen LogP contribution in [0.5, 0.6) is 0 Å². The van der Waals surface area contributed by atoms with Crippen LogP contribution in [0, 0.1) is 0 Å². The van der Waals surface area contributed by atoms with Crippen molar-refractivity contribution in [3.05, 3.63) is 23.8 Å². The molecule has 0 aliphatic rings. The molecule has 0 saturated heterocycles. The van der Waals surface area contributed by atoms with Crippen LogP contribution in [0.1, 0.15) is 82.6 Å². The molecule has 14 nitrogen and oxygen atoms in total. The largest absolute Gasteiger partial charge is 0.461 e. The Balaban J connectivity index is -0.000000273. The summed E-state index contributed by atoms with van der Waals surface area (Å²) in [6, 6.07) is 0. The van der Waals surface area contributed by atoms with Crippen molar-refractivity contribution in [1.82, 2.24) is 16.0 Å². The third kappa shape index (κ3) is 44.2. The minimum absolute atomic E-state index is 0.00505. The van der Waals surface area contributed by atoms with Crippen molar-refractivity contribution in [2.45, 2.75) is 99.4 Å². The molecule has 0 saturated carbocycles. The Kier molecular flexibility index (Phi) is 27.6. The van der Waals surface area contributed by atoms with Gasteiger partial charge >= 0.3 is 30.4 Å². The average Bonchev–Trinajstić information content (AvgIpc) is 2.85. The minimum atomic E-state index is -1.04. The third-order valence-electron chi connectivity index (χ3n) is 3.43. The second-order valence-electron chi connectivity index (χ2n) is 11.2. The highest BCUT2D eigenvalue weighted by atomic mass is 19.1. The summed E-state index contributed by atoms with van der Waals surface area (Å²) in [6.07, 6.45) is 1.67. The maximum Gasteiger partial charge on any atom is 0.408 e. The van der Waals surface area contributed by atoms with Crippen molar-refractivity contribution in [3.63, 3.8) is 0 Å². The number of halogens is 2. The molecule has 0 fully saturated rings. The van der Waals surface area contributed by atoms with E-state index in [1.807, 2.05) is 0 Å².